The maximum absolute atomic E-state index is 12.9. The number of benzene rings is 1. The van der Waals surface area contributed by atoms with E-state index in [0.29, 0.717) is 0 Å². The molecule has 0 aliphatic carbocycles. The fraction of sp³-hybridized carbons (Fsp3) is 0.200. The Morgan fingerprint density at radius 2 is 1.95 bits per heavy atom. The standard InChI is InChI=1S/C15H12F3NO3/c1-8-12(14(21)22-2)13(20)11(19-8)7-9-5-3-4-6-10(9)15(16,17)18/h3-7,20H,1-2H3. The van der Waals surface area contributed by atoms with E-state index in [-0.39, 0.29) is 22.5 Å². The quantitative estimate of drug-likeness (QED) is 0.850. The molecule has 0 atom stereocenters. The summed E-state index contributed by atoms with van der Waals surface area (Å²) in [5.74, 6) is -1.30. The summed E-state index contributed by atoms with van der Waals surface area (Å²) in [7, 11) is 1.14. The van der Waals surface area contributed by atoms with Crippen molar-refractivity contribution in [2.75, 3.05) is 7.11 Å². The molecule has 0 amide bonds. The smallest absolute Gasteiger partial charge is 0.416 e. The van der Waals surface area contributed by atoms with Crippen LogP contribution in [-0.2, 0) is 15.7 Å². The Bertz CT molecular complexity index is 715. The van der Waals surface area contributed by atoms with Crippen molar-refractivity contribution in [3.05, 3.63) is 52.4 Å². The Balaban J connectivity index is 2.53. The fourth-order valence-corrected chi connectivity index (χ4v) is 2.06. The number of carbonyl (C=O) groups excluding carboxylic acids is 1. The van der Waals surface area contributed by atoms with Crippen molar-refractivity contribution in [2.24, 2.45) is 4.99 Å². The molecule has 1 aromatic carbocycles. The van der Waals surface area contributed by atoms with E-state index in [1.165, 1.54) is 25.1 Å². The predicted octanol–water partition coefficient (Wildman–Crippen LogP) is 3.51. The maximum Gasteiger partial charge on any atom is 0.416 e. The Morgan fingerprint density at radius 3 is 2.55 bits per heavy atom. The molecule has 0 saturated heterocycles. The highest BCUT2D eigenvalue weighted by Crippen LogP contribution is 2.34. The topological polar surface area (TPSA) is 58.9 Å². The molecule has 116 valence electrons. The molecular formula is C15H12F3NO3. The van der Waals surface area contributed by atoms with Gasteiger partial charge in [-0.25, -0.2) is 9.79 Å². The van der Waals surface area contributed by atoms with Gasteiger partial charge in [0.15, 0.2) is 5.76 Å². The van der Waals surface area contributed by atoms with Crippen molar-refractivity contribution in [1.82, 2.24) is 0 Å². The normalized spacial score (nSPS) is 17.0. The number of ether oxygens (including phenoxy) is 1. The second-order valence-electron chi connectivity index (χ2n) is 4.53. The molecule has 2 rings (SSSR count). The van der Waals surface area contributed by atoms with Crippen LogP contribution in [0.25, 0.3) is 6.08 Å². The minimum atomic E-state index is -4.53. The van der Waals surface area contributed by atoms with Crippen LogP contribution < -0.4 is 0 Å². The molecule has 0 bridgehead atoms. The molecular weight excluding hydrogens is 299 g/mol. The fourth-order valence-electron chi connectivity index (χ4n) is 2.06. The second kappa shape index (κ2) is 5.67. The summed E-state index contributed by atoms with van der Waals surface area (Å²) in [4.78, 5) is 15.5. The van der Waals surface area contributed by atoms with Crippen LogP contribution in [0.2, 0.25) is 0 Å². The van der Waals surface area contributed by atoms with Gasteiger partial charge in [-0.15, -0.1) is 0 Å². The van der Waals surface area contributed by atoms with Crippen LogP contribution in [0.5, 0.6) is 0 Å². The molecule has 0 saturated carbocycles. The minimum absolute atomic E-state index is 0.116. The number of methoxy groups -OCH3 is 1. The van der Waals surface area contributed by atoms with Crippen LogP contribution in [0.15, 0.2) is 46.3 Å². The minimum Gasteiger partial charge on any atom is -0.505 e. The van der Waals surface area contributed by atoms with Gasteiger partial charge in [-0.3, -0.25) is 0 Å². The van der Waals surface area contributed by atoms with Gasteiger partial charge in [-0.2, -0.15) is 13.2 Å². The van der Waals surface area contributed by atoms with E-state index >= 15 is 0 Å². The SMILES string of the molecule is COC(=O)C1=C(O)C(=Cc2ccccc2C(F)(F)F)N=C1C. The van der Waals surface area contributed by atoms with Crippen LogP contribution in [0.4, 0.5) is 13.2 Å². The van der Waals surface area contributed by atoms with Crippen LogP contribution in [-0.4, -0.2) is 23.9 Å². The van der Waals surface area contributed by atoms with Gasteiger partial charge in [-0.05, 0) is 24.6 Å². The highest BCUT2D eigenvalue weighted by molar-refractivity contribution is 6.21. The number of carbonyl (C=O) groups is 1. The lowest BCUT2D eigenvalue weighted by atomic mass is 10.1. The summed E-state index contributed by atoms with van der Waals surface area (Å²) in [6.45, 7) is 1.46. The van der Waals surface area contributed by atoms with Crippen LogP contribution >= 0.6 is 0 Å². The first kappa shape index (κ1) is 15.8. The van der Waals surface area contributed by atoms with E-state index in [1.807, 2.05) is 0 Å². The lowest BCUT2D eigenvalue weighted by Gasteiger charge is -2.10. The number of hydrogen-bond donors (Lipinski definition) is 1. The number of esters is 1. The first-order valence-electron chi connectivity index (χ1n) is 6.21. The van der Waals surface area contributed by atoms with Crippen molar-refractivity contribution in [3.63, 3.8) is 0 Å². The van der Waals surface area contributed by atoms with Gasteiger partial charge in [0, 0.05) is 0 Å². The van der Waals surface area contributed by atoms with Gasteiger partial charge in [-0.1, -0.05) is 18.2 Å². The molecule has 7 heteroatoms. The third kappa shape index (κ3) is 2.88. The second-order valence-corrected chi connectivity index (χ2v) is 4.53. The van der Waals surface area contributed by atoms with E-state index in [1.54, 1.807) is 0 Å². The highest BCUT2D eigenvalue weighted by atomic mass is 19.4. The van der Waals surface area contributed by atoms with Gasteiger partial charge in [0.1, 0.15) is 11.3 Å². The molecule has 0 aromatic heterocycles. The summed E-state index contributed by atoms with van der Waals surface area (Å²) < 4.78 is 43.3. The molecule has 1 aliphatic rings. The highest BCUT2D eigenvalue weighted by Gasteiger charge is 2.33. The van der Waals surface area contributed by atoms with E-state index < -0.39 is 23.5 Å². The molecule has 22 heavy (non-hydrogen) atoms. The van der Waals surface area contributed by atoms with Crippen molar-refractivity contribution in [2.45, 2.75) is 13.1 Å². The van der Waals surface area contributed by atoms with Crippen molar-refractivity contribution < 1.29 is 27.8 Å². The summed E-state index contributed by atoms with van der Waals surface area (Å²) >= 11 is 0. The first-order chi connectivity index (χ1) is 10.3. The summed E-state index contributed by atoms with van der Waals surface area (Å²) in [6.07, 6.45) is -3.45. The Morgan fingerprint density at radius 1 is 1.32 bits per heavy atom. The molecule has 1 aromatic rings. The number of alkyl halides is 3. The molecule has 0 fully saturated rings. The number of halogens is 3. The number of aliphatic hydroxyl groups is 1. The number of hydrogen-bond acceptors (Lipinski definition) is 4. The Labute approximate surface area is 124 Å². The number of nitrogens with zero attached hydrogens (tertiary/aromatic N) is 1. The Hall–Kier alpha value is -2.57. The third-order valence-electron chi connectivity index (χ3n) is 3.08. The van der Waals surface area contributed by atoms with Gasteiger partial charge >= 0.3 is 12.1 Å². The average Bonchev–Trinajstić information content (AvgIpc) is 2.72. The van der Waals surface area contributed by atoms with Crippen molar-refractivity contribution >= 4 is 17.8 Å². The Kier molecular flexibility index (Phi) is 4.07. The molecule has 4 nitrogen and oxygen atoms in total. The molecule has 0 unspecified atom stereocenters. The molecule has 1 N–H and O–H groups in total. The van der Waals surface area contributed by atoms with E-state index in [0.717, 1.165) is 19.3 Å². The van der Waals surface area contributed by atoms with Gasteiger partial charge < -0.3 is 9.84 Å². The zero-order chi connectivity index (χ0) is 16.5. The van der Waals surface area contributed by atoms with E-state index in [2.05, 4.69) is 9.73 Å². The summed E-state index contributed by atoms with van der Waals surface area (Å²) in [5, 5.41) is 9.99. The van der Waals surface area contributed by atoms with E-state index in [4.69, 9.17) is 0 Å². The monoisotopic (exact) mass is 311 g/mol. The van der Waals surface area contributed by atoms with Crippen LogP contribution in [0, 0.1) is 0 Å². The maximum atomic E-state index is 12.9. The van der Waals surface area contributed by atoms with E-state index in [9.17, 15) is 23.1 Å². The summed E-state index contributed by atoms with van der Waals surface area (Å²) in [5.41, 5.74) is -1.10. The molecule has 0 spiro atoms. The number of aliphatic hydroxyl groups excluding tert-OH is 1. The lowest BCUT2D eigenvalue weighted by molar-refractivity contribution is -0.138. The third-order valence-corrected chi connectivity index (χ3v) is 3.08. The average molecular weight is 311 g/mol. The number of aliphatic imine (C=N–C) groups is 1. The van der Waals surface area contributed by atoms with Crippen LogP contribution in [0.1, 0.15) is 18.1 Å². The van der Waals surface area contributed by atoms with Gasteiger partial charge in [0.25, 0.3) is 0 Å². The first-order valence-corrected chi connectivity index (χ1v) is 6.21. The van der Waals surface area contributed by atoms with Gasteiger partial charge in [0.2, 0.25) is 0 Å². The zero-order valence-electron chi connectivity index (χ0n) is 11.7. The van der Waals surface area contributed by atoms with Gasteiger partial charge in [0.05, 0.1) is 18.4 Å². The molecule has 0 radical (unpaired) electrons. The zero-order valence-corrected chi connectivity index (χ0v) is 11.7. The largest absolute Gasteiger partial charge is 0.505 e. The number of rotatable bonds is 2. The molecule has 1 aliphatic heterocycles. The molecule has 1 heterocycles. The predicted molar refractivity (Wildman–Crippen MR) is 74.2 cm³/mol. The van der Waals surface area contributed by atoms with Crippen molar-refractivity contribution in [3.8, 4) is 0 Å². The van der Waals surface area contributed by atoms with Crippen molar-refractivity contribution in [1.29, 1.82) is 0 Å². The summed E-state index contributed by atoms with van der Waals surface area (Å²) in [6, 6.07) is 4.89. The lowest BCUT2D eigenvalue weighted by Crippen LogP contribution is -2.11. The van der Waals surface area contributed by atoms with Crippen LogP contribution in [0.3, 0.4) is 0 Å².